The van der Waals surface area contributed by atoms with E-state index >= 15 is 0 Å². The minimum Gasteiger partial charge on any atom is -0.309 e. The SMILES string of the molecule is c1ccc(-c2cc(-c3c(-n4c5ccccc5c5ccccc54)c(-n4c5ccccc5c5ccccc54)[n+](-n4c5ccccc5c5ccc6c(c7ccccc7n6-c6ccccc6)c54)c(-n4c5ccccc5c5ccccc54)c3-n3c4ccccc4c4ccccc43)nc(-c3ccccc3)n2)cc1. The quantitative estimate of drug-likeness (QED) is 0.135. The fourth-order valence-corrected chi connectivity index (χ4v) is 17.1. The van der Waals surface area contributed by atoms with E-state index in [0.717, 1.165) is 188 Å². The number of pyridine rings is 1. The van der Waals surface area contributed by atoms with Gasteiger partial charge in [-0.1, -0.05) is 261 Å². The van der Waals surface area contributed by atoms with Crippen LogP contribution in [0.1, 0.15) is 0 Å². The van der Waals surface area contributed by atoms with Crippen LogP contribution in [0, 0.1) is 0 Å². The second-order valence-corrected chi connectivity index (χ2v) is 26.6. The lowest BCUT2D eigenvalue weighted by Crippen LogP contribution is -2.51. The van der Waals surface area contributed by atoms with Gasteiger partial charge in [-0.15, -0.1) is 4.68 Å². The van der Waals surface area contributed by atoms with Crippen molar-refractivity contribution in [3.63, 3.8) is 0 Å². The van der Waals surface area contributed by atoms with E-state index in [2.05, 4.69) is 384 Å². The molecule has 9 nitrogen and oxygen atoms in total. The Hall–Kier alpha value is -13.9. The zero-order chi connectivity index (χ0) is 66.7. The van der Waals surface area contributed by atoms with Crippen molar-refractivity contribution in [3.8, 4) is 62.6 Å². The number of nitrogens with zero attached hydrogens (tertiary/aromatic N) is 9. The van der Waals surface area contributed by atoms with Gasteiger partial charge in [-0.3, -0.25) is 0 Å². The van der Waals surface area contributed by atoms with Crippen LogP contribution in [0.25, 0.3) is 193 Å². The molecule has 0 bridgehead atoms. The predicted molar refractivity (Wildman–Crippen MR) is 420 cm³/mol. The van der Waals surface area contributed by atoms with Gasteiger partial charge < -0.3 is 13.7 Å². The standard InChI is InChI=1S/C93H58N9/c1-4-30-59(31-5-1)73-58-74(95-91(94-73)60-32-6-2-7-33-60)87-89(97-75-46-20-10-36-62(75)63-37-11-21-47-76(63)97)92(99-79-50-24-14-40-66(79)67-41-15-25-51-80(67)99)102(101-84-55-29-18-44-70(84)71-56-57-85-86(88(71)101)72-45-19-28-54-83(72)96(85)61-34-8-3-9-35-61)93(100-81-52-26-16-42-68(81)69-43-17-27-53-82(69)100)90(87)98-77-48-22-12-38-64(77)65-39-13-23-49-78(65)98/h1-58H/q+1. The third kappa shape index (κ3) is 7.89. The normalized spacial score (nSPS) is 12.1. The predicted octanol–water partition coefficient (Wildman–Crippen LogP) is 22.7. The summed E-state index contributed by atoms with van der Waals surface area (Å²) < 4.78 is 18.1. The van der Waals surface area contributed by atoms with Crippen LogP contribution >= 0.6 is 0 Å². The van der Waals surface area contributed by atoms with E-state index < -0.39 is 0 Å². The summed E-state index contributed by atoms with van der Waals surface area (Å²) in [4.78, 5) is 11.8. The van der Waals surface area contributed by atoms with Crippen molar-refractivity contribution in [2.45, 2.75) is 0 Å². The van der Waals surface area contributed by atoms with Crippen molar-refractivity contribution < 1.29 is 4.68 Å². The maximum Gasteiger partial charge on any atom is 0.282 e. The van der Waals surface area contributed by atoms with E-state index in [1.165, 1.54) is 0 Å². The number of rotatable bonds is 9. The molecule has 0 unspecified atom stereocenters. The lowest BCUT2D eigenvalue weighted by molar-refractivity contribution is -0.708. The minimum absolute atomic E-state index is 0.599. The molecule has 8 heterocycles. The van der Waals surface area contributed by atoms with Crippen molar-refractivity contribution in [2.24, 2.45) is 0 Å². The fourth-order valence-electron chi connectivity index (χ4n) is 17.1. The Morgan fingerprint density at radius 2 is 0.539 bits per heavy atom. The Balaban J connectivity index is 1.13. The number of fused-ring (bicyclic) bond motifs is 19. The smallest absolute Gasteiger partial charge is 0.282 e. The van der Waals surface area contributed by atoms with E-state index in [1.807, 2.05) is 0 Å². The highest BCUT2D eigenvalue weighted by Gasteiger charge is 2.42. The van der Waals surface area contributed by atoms with Gasteiger partial charge in [-0.25, -0.2) is 19.1 Å². The van der Waals surface area contributed by atoms with Crippen molar-refractivity contribution in [1.82, 2.24) is 37.5 Å². The monoisotopic (exact) mass is 1300 g/mol. The molecule has 102 heavy (non-hydrogen) atoms. The maximum atomic E-state index is 6.18. The zero-order valence-corrected chi connectivity index (χ0v) is 55.0. The van der Waals surface area contributed by atoms with Crippen LogP contribution in [0.4, 0.5) is 0 Å². The first-order valence-electron chi connectivity index (χ1n) is 34.8. The van der Waals surface area contributed by atoms with Gasteiger partial charge in [0, 0.05) is 81.4 Å². The molecule has 9 heteroatoms. The van der Waals surface area contributed by atoms with Gasteiger partial charge in [-0.05, 0) is 91.0 Å². The summed E-state index contributed by atoms with van der Waals surface area (Å²) in [6.45, 7) is 0. The second-order valence-electron chi connectivity index (χ2n) is 26.6. The number of hydrogen-bond donors (Lipinski definition) is 0. The molecule has 474 valence electrons. The average molecular weight is 1300 g/mol. The van der Waals surface area contributed by atoms with Crippen LogP contribution in [0.5, 0.6) is 0 Å². The van der Waals surface area contributed by atoms with E-state index in [4.69, 9.17) is 9.97 Å². The molecule has 0 N–H and O–H groups in total. The van der Waals surface area contributed by atoms with Crippen molar-refractivity contribution >= 4 is 131 Å². The van der Waals surface area contributed by atoms with Gasteiger partial charge in [0.2, 0.25) is 0 Å². The number of benzene rings is 14. The third-order valence-electron chi connectivity index (χ3n) is 21.2. The van der Waals surface area contributed by atoms with Crippen LogP contribution in [0.2, 0.25) is 0 Å². The molecule has 0 amide bonds. The summed E-state index contributed by atoms with van der Waals surface area (Å²) in [6.07, 6.45) is 0. The highest BCUT2D eigenvalue weighted by molar-refractivity contribution is 6.26. The first-order valence-corrected chi connectivity index (χ1v) is 34.8. The largest absolute Gasteiger partial charge is 0.309 e. The van der Waals surface area contributed by atoms with Crippen LogP contribution in [0.3, 0.4) is 0 Å². The summed E-state index contributed by atoms with van der Waals surface area (Å²) in [5.74, 6) is 2.33. The summed E-state index contributed by atoms with van der Waals surface area (Å²) in [5.41, 5.74) is 19.6. The Morgan fingerprint density at radius 3 is 0.951 bits per heavy atom. The van der Waals surface area contributed by atoms with Gasteiger partial charge in [0.25, 0.3) is 11.6 Å². The molecule has 0 aliphatic rings. The summed E-state index contributed by atoms with van der Waals surface area (Å²) in [7, 11) is 0. The number of para-hydroxylation sites is 11. The molecule has 0 aliphatic carbocycles. The van der Waals surface area contributed by atoms with Crippen LogP contribution in [0.15, 0.2) is 352 Å². The number of hydrogen-bond acceptors (Lipinski definition) is 2. The lowest BCUT2D eigenvalue weighted by atomic mass is 10.0. The van der Waals surface area contributed by atoms with Crippen molar-refractivity contribution in [1.29, 1.82) is 0 Å². The molecule has 0 radical (unpaired) electrons. The van der Waals surface area contributed by atoms with E-state index in [0.29, 0.717) is 5.82 Å². The van der Waals surface area contributed by atoms with Gasteiger partial charge >= 0.3 is 0 Å². The molecule has 0 fully saturated rings. The Kier molecular flexibility index (Phi) is 12.0. The van der Waals surface area contributed by atoms with E-state index in [-0.39, 0.29) is 0 Å². The topological polar surface area (TPSA) is 59.2 Å². The highest BCUT2D eigenvalue weighted by Crippen LogP contribution is 2.50. The van der Waals surface area contributed by atoms with Gasteiger partial charge in [-0.2, -0.15) is 4.68 Å². The maximum absolute atomic E-state index is 6.18. The molecular formula is C93H58N9+. The molecule has 0 aliphatic heterocycles. The highest BCUT2D eigenvalue weighted by atomic mass is 15.5. The Labute approximate surface area is 583 Å². The zero-order valence-electron chi connectivity index (χ0n) is 55.0. The molecule has 22 rings (SSSR count). The molecule has 8 aromatic heterocycles. The molecule has 22 aromatic rings. The van der Waals surface area contributed by atoms with Crippen molar-refractivity contribution in [2.75, 3.05) is 0 Å². The first kappa shape index (κ1) is 56.2. The average Bonchev–Trinajstić information content (AvgIpc) is 1.40. The summed E-state index contributed by atoms with van der Waals surface area (Å²) in [5, 5.41) is 13.4. The third-order valence-corrected chi connectivity index (χ3v) is 21.2. The fraction of sp³-hybridized carbons (Fsp3) is 0. The molecule has 0 atom stereocenters. The minimum atomic E-state index is 0.599. The van der Waals surface area contributed by atoms with Crippen LogP contribution < -0.4 is 4.68 Å². The summed E-state index contributed by atoms with van der Waals surface area (Å²) in [6, 6.07) is 129. The number of aromatic nitrogens is 9. The van der Waals surface area contributed by atoms with Gasteiger partial charge in [0.15, 0.2) is 5.82 Å². The molecule has 0 saturated carbocycles. The Morgan fingerprint density at radius 1 is 0.225 bits per heavy atom. The molecule has 0 saturated heterocycles. The first-order chi connectivity index (χ1) is 50.7. The van der Waals surface area contributed by atoms with Crippen LogP contribution in [-0.2, 0) is 0 Å². The molecule has 0 spiro atoms. The van der Waals surface area contributed by atoms with Crippen molar-refractivity contribution in [3.05, 3.63) is 352 Å². The Bertz CT molecular complexity index is 6720. The van der Waals surface area contributed by atoms with Crippen LogP contribution in [-0.4, -0.2) is 37.5 Å². The summed E-state index contributed by atoms with van der Waals surface area (Å²) >= 11 is 0. The molecular weight excluding hydrogens is 1240 g/mol. The van der Waals surface area contributed by atoms with E-state index in [9.17, 15) is 0 Å². The van der Waals surface area contributed by atoms with E-state index in [1.54, 1.807) is 0 Å². The second kappa shape index (κ2) is 21.8. The van der Waals surface area contributed by atoms with Gasteiger partial charge in [0.1, 0.15) is 33.4 Å². The van der Waals surface area contributed by atoms with Gasteiger partial charge in [0.05, 0.1) is 61.1 Å². The molecule has 14 aromatic carbocycles. The lowest BCUT2D eigenvalue weighted by Gasteiger charge is -2.28.